The first-order chi connectivity index (χ1) is 7.79. The molecule has 0 aliphatic heterocycles. The molecule has 1 atom stereocenters. The van der Waals surface area contributed by atoms with Crippen molar-refractivity contribution in [1.82, 2.24) is 15.3 Å². The molecule has 1 fully saturated rings. The zero-order valence-electron chi connectivity index (χ0n) is 9.94. The molecule has 0 radical (unpaired) electrons. The van der Waals surface area contributed by atoms with Gasteiger partial charge in [-0.15, -0.1) is 0 Å². The lowest BCUT2D eigenvalue weighted by atomic mass is 10.2. The van der Waals surface area contributed by atoms with Gasteiger partial charge in [0, 0.05) is 23.7 Å². The van der Waals surface area contributed by atoms with Crippen molar-refractivity contribution in [2.75, 3.05) is 12.3 Å². The normalized spacial score (nSPS) is 17.4. The van der Waals surface area contributed by atoms with Crippen molar-refractivity contribution in [2.24, 2.45) is 5.92 Å². The molecule has 1 saturated carbocycles. The largest absolute Gasteiger partial charge is 0.313 e. The second-order valence-corrected chi connectivity index (χ2v) is 5.28. The Labute approximate surface area is 101 Å². The quantitative estimate of drug-likeness (QED) is 0.608. The van der Waals surface area contributed by atoms with Crippen LogP contribution in [-0.2, 0) is 0 Å². The highest BCUT2D eigenvalue weighted by atomic mass is 32.2. The van der Waals surface area contributed by atoms with E-state index in [0.717, 1.165) is 29.1 Å². The van der Waals surface area contributed by atoms with Crippen molar-refractivity contribution in [3.05, 3.63) is 18.0 Å². The van der Waals surface area contributed by atoms with Crippen LogP contribution in [0.25, 0.3) is 0 Å². The van der Waals surface area contributed by atoms with E-state index in [1.54, 1.807) is 11.8 Å². The van der Waals surface area contributed by atoms with Crippen molar-refractivity contribution in [1.29, 1.82) is 0 Å². The van der Waals surface area contributed by atoms with Crippen molar-refractivity contribution in [3.8, 4) is 0 Å². The average Bonchev–Trinajstić information content (AvgIpc) is 3.08. The maximum Gasteiger partial charge on any atom is 0.187 e. The molecule has 1 N–H and O–H groups in total. The minimum Gasteiger partial charge on any atom is -0.313 e. The van der Waals surface area contributed by atoms with Gasteiger partial charge in [0.15, 0.2) is 5.16 Å². The summed E-state index contributed by atoms with van der Waals surface area (Å²) in [6, 6.07) is 2.58. The third-order valence-corrected chi connectivity index (χ3v) is 3.80. The van der Waals surface area contributed by atoms with Gasteiger partial charge in [-0.05, 0) is 38.3 Å². The second-order valence-electron chi connectivity index (χ2n) is 4.29. The summed E-state index contributed by atoms with van der Waals surface area (Å²) in [5, 5.41) is 4.46. The van der Waals surface area contributed by atoms with Gasteiger partial charge in [-0.25, -0.2) is 9.97 Å². The van der Waals surface area contributed by atoms with Crippen molar-refractivity contribution >= 4 is 11.8 Å². The third kappa shape index (κ3) is 3.46. The Hall–Kier alpha value is -0.610. The zero-order chi connectivity index (χ0) is 11.4. The van der Waals surface area contributed by atoms with Crippen LogP contribution in [0.2, 0.25) is 0 Å². The summed E-state index contributed by atoms with van der Waals surface area (Å²) in [6.07, 6.45) is 4.60. The minimum absolute atomic E-state index is 0.638. The van der Waals surface area contributed by atoms with E-state index in [-0.39, 0.29) is 0 Å². The van der Waals surface area contributed by atoms with E-state index in [2.05, 4.69) is 22.2 Å². The summed E-state index contributed by atoms with van der Waals surface area (Å²) in [5.41, 5.74) is 1.05. The predicted molar refractivity (Wildman–Crippen MR) is 67.7 cm³/mol. The number of nitrogens with zero attached hydrogens (tertiary/aromatic N) is 2. The van der Waals surface area contributed by atoms with Gasteiger partial charge in [0.1, 0.15) is 0 Å². The topological polar surface area (TPSA) is 37.8 Å². The van der Waals surface area contributed by atoms with Crippen LogP contribution in [0.4, 0.5) is 0 Å². The number of nitrogens with one attached hydrogen (secondary N) is 1. The molecule has 1 unspecified atom stereocenters. The Morgan fingerprint density at radius 3 is 3.00 bits per heavy atom. The van der Waals surface area contributed by atoms with Crippen LogP contribution in [0, 0.1) is 12.8 Å². The molecule has 1 aromatic heterocycles. The summed E-state index contributed by atoms with van der Waals surface area (Å²) in [5.74, 6) is 1.97. The molecule has 0 amide bonds. The van der Waals surface area contributed by atoms with Gasteiger partial charge >= 0.3 is 0 Å². The molecule has 0 aromatic carbocycles. The van der Waals surface area contributed by atoms with E-state index >= 15 is 0 Å². The lowest BCUT2D eigenvalue weighted by Crippen LogP contribution is -2.33. The molecule has 1 aromatic rings. The first-order valence-corrected chi connectivity index (χ1v) is 6.94. The molecule has 0 saturated heterocycles. The summed E-state index contributed by atoms with van der Waals surface area (Å²) in [4.78, 5) is 8.68. The molecule has 16 heavy (non-hydrogen) atoms. The molecule has 1 heterocycles. The SMILES string of the molecule is CCNC(CSc1nccc(C)n1)C1CC1. The predicted octanol–water partition coefficient (Wildman–Crippen LogP) is 2.27. The van der Waals surface area contributed by atoms with Gasteiger partial charge in [0.25, 0.3) is 0 Å². The van der Waals surface area contributed by atoms with Crippen molar-refractivity contribution in [3.63, 3.8) is 0 Å². The molecule has 3 nitrogen and oxygen atoms in total. The van der Waals surface area contributed by atoms with Crippen LogP contribution >= 0.6 is 11.8 Å². The van der Waals surface area contributed by atoms with Crippen LogP contribution in [-0.4, -0.2) is 28.3 Å². The van der Waals surface area contributed by atoms with Gasteiger partial charge in [-0.3, -0.25) is 0 Å². The maximum atomic E-state index is 4.41. The summed E-state index contributed by atoms with van der Waals surface area (Å²) in [6.45, 7) is 5.23. The Balaban J connectivity index is 1.85. The highest BCUT2D eigenvalue weighted by Gasteiger charge is 2.30. The van der Waals surface area contributed by atoms with E-state index in [1.165, 1.54) is 12.8 Å². The lowest BCUT2D eigenvalue weighted by molar-refractivity contribution is 0.519. The van der Waals surface area contributed by atoms with E-state index in [4.69, 9.17) is 0 Å². The molecule has 2 rings (SSSR count). The average molecular weight is 237 g/mol. The molecule has 88 valence electrons. The Morgan fingerprint density at radius 1 is 1.56 bits per heavy atom. The minimum atomic E-state index is 0.638. The Bertz CT molecular complexity index is 339. The molecular weight excluding hydrogens is 218 g/mol. The number of hydrogen-bond donors (Lipinski definition) is 1. The van der Waals surface area contributed by atoms with Gasteiger partial charge < -0.3 is 5.32 Å². The van der Waals surface area contributed by atoms with Gasteiger partial charge in [-0.2, -0.15) is 0 Å². The fraction of sp³-hybridized carbons (Fsp3) is 0.667. The smallest absolute Gasteiger partial charge is 0.187 e. The third-order valence-electron chi connectivity index (χ3n) is 2.82. The summed E-state index contributed by atoms with van der Waals surface area (Å²) in [7, 11) is 0. The van der Waals surface area contributed by atoms with Crippen LogP contribution in [0.15, 0.2) is 17.4 Å². The second kappa shape index (κ2) is 5.64. The van der Waals surface area contributed by atoms with E-state index in [0.29, 0.717) is 6.04 Å². The van der Waals surface area contributed by atoms with Gasteiger partial charge in [-0.1, -0.05) is 18.7 Å². The molecule has 0 spiro atoms. The molecular formula is C12H19N3S. The molecule has 1 aliphatic carbocycles. The first-order valence-electron chi connectivity index (χ1n) is 5.95. The Kier molecular flexibility index (Phi) is 4.18. The van der Waals surface area contributed by atoms with Crippen LogP contribution < -0.4 is 5.32 Å². The summed E-state index contributed by atoms with van der Waals surface area (Å²) >= 11 is 1.77. The van der Waals surface area contributed by atoms with Gasteiger partial charge in [0.2, 0.25) is 0 Å². The van der Waals surface area contributed by atoms with E-state index in [9.17, 15) is 0 Å². The number of rotatable bonds is 6. The zero-order valence-corrected chi connectivity index (χ0v) is 10.8. The first kappa shape index (κ1) is 11.9. The van der Waals surface area contributed by atoms with E-state index < -0.39 is 0 Å². The maximum absolute atomic E-state index is 4.41. The number of aromatic nitrogens is 2. The van der Waals surface area contributed by atoms with Crippen LogP contribution in [0.3, 0.4) is 0 Å². The van der Waals surface area contributed by atoms with Crippen molar-refractivity contribution in [2.45, 2.75) is 37.9 Å². The highest BCUT2D eigenvalue weighted by molar-refractivity contribution is 7.99. The molecule has 1 aliphatic rings. The number of hydrogen-bond acceptors (Lipinski definition) is 4. The van der Waals surface area contributed by atoms with Gasteiger partial charge in [0.05, 0.1) is 0 Å². The Morgan fingerprint density at radius 2 is 2.38 bits per heavy atom. The highest BCUT2D eigenvalue weighted by Crippen LogP contribution is 2.34. The molecule has 4 heteroatoms. The van der Waals surface area contributed by atoms with Crippen LogP contribution in [0.1, 0.15) is 25.5 Å². The lowest BCUT2D eigenvalue weighted by Gasteiger charge is -2.15. The monoisotopic (exact) mass is 237 g/mol. The fourth-order valence-corrected chi connectivity index (χ4v) is 2.84. The number of aryl methyl sites for hydroxylation is 1. The molecule has 0 bridgehead atoms. The standard InChI is InChI=1S/C12H19N3S/c1-3-13-11(10-4-5-10)8-16-12-14-7-6-9(2)15-12/h6-7,10-11,13H,3-5,8H2,1-2H3. The van der Waals surface area contributed by atoms with Crippen LogP contribution in [0.5, 0.6) is 0 Å². The summed E-state index contributed by atoms with van der Waals surface area (Å²) < 4.78 is 0. The van der Waals surface area contributed by atoms with Crippen molar-refractivity contribution < 1.29 is 0 Å². The number of thioether (sulfide) groups is 1. The van der Waals surface area contributed by atoms with E-state index in [1.807, 2.05) is 19.2 Å². The fourth-order valence-electron chi connectivity index (χ4n) is 1.78.